The van der Waals surface area contributed by atoms with Crippen LogP contribution in [0.5, 0.6) is 0 Å². The Bertz CT molecular complexity index is 1190. The number of benzene rings is 1. The van der Waals surface area contributed by atoms with Gasteiger partial charge in [0.2, 0.25) is 0 Å². The lowest BCUT2D eigenvalue weighted by molar-refractivity contribution is 0.206. The van der Waals surface area contributed by atoms with Crippen LogP contribution < -0.4 is 16.0 Å². The molecular weight excluding hydrogens is 426 g/mol. The topological polar surface area (TPSA) is 92.3 Å². The van der Waals surface area contributed by atoms with E-state index in [1.54, 1.807) is 6.20 Å². The van der Waals surface area contributed by atoms with E-state index in [0.29, 0.717) is 12.4 Å². The Morgan fingerprint density at radius 2 is 2.00 bits per heavy atom. The first-order valence-electron chi connectivity index (χ1n) is 12.1. The zero-order valence-corrected chi connectivity index (χ0v) is 20.2. The number of anilines is 2. The third kappa shape index (κ3) is 3.77. The number of nitrogens with zero attached hydrogens (tertiary/aromatic N) is 5. The molecule has 1 saturated heterocycles. The Balaban J connectivity index is 1.41. The highest BCUT2D eigenvalue weighted by atomic mass is 16.2. The van der Waals surface area contributed by atoms with Gasteiger partial charge >= 0.3 is 6.03 Å². The second-order valence-electron chi connectivity index (χ2n) is 9.50. The van der Waals surface area contributed by atoms with Crippen molar-refractivity contribution >= 4 is 17.5 Å². The molecule has 3 aromatic rings. The van der Waals surface area contributed by atoms with Gasteiger partial charge in [-0.2, -0.15) is 5.10 Å². The van der Waals surface area contributed by atoms with Gasteiger partial charge in [0.15, 0.2) is 0 Å². The predicted molar refractivity (Wildman–Crippen MR) is 135 cm³/mol. The third-order valence-corrected chi connectivity index (χ3v) is 7.53. The molecule has 2 atom stereocenters. The molecule has 4 heterocycles. The summed E-state index contributed by atoms with van der Waals surface area (Å²) in [6.45, 7) is 7.16. The van der Waals surface area contributed by atoms with Gasteiger partial charge in [-0.05, 0) is 44.4 Å². The maximum absolute atomic E-state index is 12.4. The highest BCUT2D eigenvalue weighted by molar-refractivity contribution is 5.75. The fraction of sp³-hybridized carbons (Fsp3) is 0.423. The highest BCUT2D eigenvalue weighted by Gasteiger charge is 2.46. The minimum Gasteiger partial charge on any atom is -0.382 e. The second-order valence-corrected chi connectivity index (χ2v) is 9.50. The monoisotopic (exact) mass is 459 g/mol. The largest absolute Gasteiger partial charge is 0.382 e. The van der Waals surface area contributed by atoms with Crippen molar-refractivity contribution in [1.82, 2.24) is 25.0 Å². The zero-order valence-electron chi connectivity index (χ0n) is 20.2. The molecule has 1 unspecified atom stereocenters. The number of fused-ring (bicyclic) bond motifs is 2. The SMILES string of the molecule is CCNC(=O)N1CC[C@@]2(CCn3nc(-c4cnc(N)c(N(C)C(C)c5ccccc5)c4)cc32)C1. The first kappa shape index (κ1) is 22.3. The van der Waals surface area contributed by atoms with Gasteiger partial charge in [-0.3, -0.25) is 4.68 Å². The lowest BCUT2D eigenvalue weighted by Gasteiger charge is -2.28. The van der Waals surface area contributed by atoms with Gasteiger partial charge < -0.3 is 20.9 Å². The molecule has 0 bridgehead atoms. The van der Waals surface area contributed by atoms with E-state index in [2.05, 4.69) is 63.2 Å². The van der Waals surface area contributed by atoms with Crippen LogP contribution in [-0.4, -0.2) is 52.4 Å². The number of carbonyl (C=O) groups excluding carboxylic acids is 1. The van der Waals surface area contributed by atoms with Crippen LogP contribution in [0.2, 0.25) is 0 Å². The van der Waals surface area contributed by atoms with E-state index in [9.17, 15) is 4.79 Å². The summed E-state index contributed by atoms with van der Waals surface area (Å²) >= 11 is 0. The summed E-state index contributed by atoms with van der Waals surface area (Å²) in [5.74, 6) is 0.505. The van der Waals surface area contributed by atoms with E-state index in [1.807, 2.05) is 24.9 Å². The highest BCUT2D eigenvalue weighted by Crippen LogP contribution is 2.44. The normalized spacial score (nSPS) is 19.9. The Hall–Kier alpha value is -3.55. The van der Waals surface area contributed by atoms with E-state index < -0.39 is 0 Å². The van der Waals surface area contributed by atoms with Crippen LogP contribution in [0, 0.1) is 0 Å². The Morgan fingerprint density at radius 1 is 1.24 bits per heavy atom. The summed E-state index contributed by atoms with van der Waals surface area (Å²) in [5.41, 5.74) is 11.5. The van der Waals surface area contributed by atoms with Crippen molar-refractivity contribution in [3.8, 4) is 11.3 Å². The number of rotatable bonds is 5. The number of aromatic nitrogens is 3. The maximum Gasteiger partial charge on any atom is 0.317 e. The molecule has 0 aliphatic carbocycles. The Morgan fingerprint density at radius 3 is 2.76 bits per heavy atom. The van der Waals surface area contributed by atoms with E-state index in [1.165, 1.54) is 11.3 Å². The molecular formula is C26H33N7O. The van der Waals surface area contributed by atoms with Crippen molar-refractivity contribution in [3.63, 3.8) is 0 Å². The number of hydrogen-bond acceptors (Lipinski definition) is 5. The van der Waals surface area contributed by atoms with Crippen LogP contribution in [0.3, 0.4) is 0 Å². The van der Waals surface area contributed by atoms with Crippen molar-refractivity contribution in [3.05, 3.63) is 59.9 Å². The van der Waals surface area contributed by atoms with Crippen LogP contribution in [0.25, 0.3) is 11.3 Å². The number of carbonyl (C=O) groups is 1. The molecule has 1 fully saturated rings. The first-order valence-corrected chi connectivity index (χ1v) is 12.1. The molecule has 0 radical (unpaired) electrons. The smallest absolute Gasteiger partial charge is 0.317 e. The number of nitrogen functional groups attached to an aromatic ring is 1. The van der Waals surface area contributed by atoms with Crippen molar-refractivity contribution in [2.45, 2.75) is 44.7 Å². The molecule has 1 aromatic carbocycles. The van der Waals surface area contributed by atoms with Crippen LogP contribution in [0.15, 0.2) is 48.7 Å². The fourth-order valence-electron chi connectivity index (χ4n) is 5.38. The molecule has 2 aliphatic rings. The van der Waals surface area contributed by atoms with Gasteiger partial charge in [0.05, 0.1) is 17.4 Å². The number of amides is 2. The van der Waals surface area contributed by atoms with Crippen LogP contribution in [0.4, 0.5) is 16.3 Å². The predicted octanol–water partition coefficient (Wildman–Crippen LogP) is 3.80. The van der Waals surface area contributed by atoms with E-state index in [-0.39, 0.29) is 17.5 Å². The molecule has 1 spiro atoms. The first-order chi connectivity index (χ1) is 16.4. The number of aryl methyl sites for hydroxylation is 1. The quantitative estimate of drug-likeness (QED) is 0.605. The number of pyridine rings is 1. The van der Waals surface area contributed by atoms with Crippen molar-refractivity contribution in [1.29, 1.82) is 0 Å². The second kappa shape index (κ2) is 8.66. The molecule has 0 saturated carbocycles. The van der Waals surface area contributed by atoms with Gasteiger partial charge in [0.25, 0.3) is 0 Å². The van der Waals surface area contributed by atoms with Crippen LogP contribution in [0.1, 0.15) is 44.0 Å². The summed E-state index contributed by atoms with van der Waals surface area (Å²) in [6, 6.07) is 14.8. The van der Waals surface area contributed by atoms with Gasteiger partial charge in [-0.15, -0.1) is 0 Å². The average Bonchev–Trinajstić information content (AvgIpc) is 3.56. The number of nitrogens with one attached hydrogen (secondary N) is 1. The average molecular weight is 460 g/mol. The number of likely N-dealkylation sites (tertiary alicyclic amines) is 1. The summed E-state index contributed by atoms with van der Waals surface area (Å²) in [4.78, 5) is 21.0. The number of nitrogens with two attached hydrogens (primary N) is 1. The summed E-state index contributed by atoms with van der Waals surface area (Å²) < 4.78 is 2.11. The lowest BCUT2D eigenvalue weighted by Crippen LogP contribution is -2.40. The molecule has 34 heavy (non-hydrogen) atoms. The lowest BCUT2D eigenvalue weighted by atomic mass is 9.82. The molecule has 5 rings (SSSR count). The van der Waals surface area contributed by atoms with E-state index in [0.717, 1.165) is 49.4 Å². The summed E-state index contributed by atoms with van der Waals surface area (Å²) in [6.07, 6.45) is 3.80. The minimum absolute atomic E-state index is 0.0149. The maximum atomic E-state index is 12.4. The van der Waals surface area contributed by atoms with E-state index >= 15 is 0 Å². The standard InChI is InChI=1S/C26H33N7O/c1-4-28-25(34)32-12-10-26(17-32)11-13-33-23(26)15-21(30-33)20-14-22(24(27)29-16-20)31(3)18(2)19-8-6-5-7-9-19/h5-9,14-16,18H,4,10-13,17H2,1-3H3,(H2,27,29)(H,28,34)/t18?,26-/m1/s1. The van der Waals surface area contributed by atoms with Gasteiger partial charge in [0.1, 0.15) is 5.82 Å². The van der Waals surface area contributed by atoms with Crippen LogP contribution >= 0.6 is 0 Å². The van der Waals surface area contributed by atoms with Gasteiger partial charge in [-0.25, -0.2) is 9.78 Å². The van der Waals surface area contributed by atoms with Gasteiger partial charge in [0, 0.05) is 56.1 Å². The third-order valence-electron chi connectivity index (χ3n) is 7.53. The molecule has 2 aliphatic heterocycles. The molecule has 178 valence electrons. The Labute approximate surface area is 200 Å². The van der Waals surface area contributed by atoms with Crippen molar-refractivity contribution in [2.75, 3.05) is 37.3 Å². The minimum atomic E-state index is -0.0149. The van der Waals surface area contributed by atoms with Crippen molar-refractivity contribution < 1.29 is 4.79 Å². The van der Waals surface area contributed by atoms with Gasteiger partial charge in [-0.1, -0.05) is 30.3 Å². The molecule has 2 amide bonds. The zero-order chi connectivity index (χ0) is 23.9. The molecule has 8 heteroatoms. The molecule has 2 aromatic heterocycles. The Kier molecular flexibility index (Phi) is 5.67. The fourth-order valence-corrected chi connectivity index (χ4v) is 5.38. The van der Waals surface area contributed by atoms with E-state index in [4.69, 9.17) is 10.8 Å². The molecule has 8 nitrogen and oxygen atoms in total. The van der Waals surface area contributed by atoms with Crippen molar-refractivity contribution in [2.24, 2.45) is 0 Å². The summed E-state index contributed by atoms with van der Waals surface area (Å²) in [5, 5.41) is 7.85. The van der Waals surface area contributed by atoms with Crippen LogP contribution in [-0.2, 0) is 12.0 Å². The molecule has 3 N–H and O–H groups in total. The number of hydrogen-bond donors (Lipinski definition) is 2. The number of urea groups is 1. The summed E-state index contributed by atoms with van der Waals surface area (Å²) in [7, 11) is 2.05.